The molecule has 3 aromatic rings. The van der Waals surface area contributed by atoms with Crippen molar-refractivity contribution in [1.29, 1.82) is 0 Å². The first-order valence-corrected chi connectivity index (χ1v) is 8.52. The number of H-pyrrole nitrogens is 1. The molecule has 0 radical (unpaired) electrons. The summed E-state index contributed by atoms with van der Waals surface area (Å²) in [6, 6.07) is 14.4. The van der Waals surface area contributed by atoms with Gasteiger partial charge in [-0.15, -0.1) is 4.91 Å². The third-order valence-electron chi connectivity index (χ3n) is 4.09. The Morgan fingerprint density at radius 2 is 1.70 bits per heavy atom. The topological polar surface area (TPSA) is 87.7 Å². The van der Waals surface area contributed by atoms with E-state index in [0.717, 1.165) is 16.8 Å². The number of nitroso groups, excluding NO2 is 1. The number of hydrogen-bond donors (Lipinski definition) is 1. The minimum absolute atomic E-state index is 0.270. The Morgan fingerprint density at radius 1 is 1.07 bits per heavy atom. The van der Waals surface area contributed by atoms with Crippen LogP contribution in [0, 0.1) is 4.91 Å². The normalized spacial score (nSPS) is 10.5. The van der Waals surface area contributed by atoms with E-state index >= 15 is 0 Å². The summed E-state index contributed by atoms with van der Waals surface area (Å²) in [6.45, 7) is 2.03. The van der Waals surface area contributed by atoms with Crippen molar-refractivity contribution in [1.82, 2.24) is 9.97 Å². The Balaban J connectivity index is 2.06. The summed E-state index contributed by atoms with van der Waals surface area (Å²) in [7, 11) is 3.92. The van der Waals surface area contributed by atoms with Crippen LogP contribution in [0.3, 0.4) is 0 Å². The lowest BCUT2D eigenvalue weighted by atomic mass is 10.1. The number of nitrogens with one attached hydrogen (secondary N) is 1. The fourth-order valence-electron chi connectivity index (χ4n) is 2.67. The van der Waals surface area contributed by atoms with Gasteiger partial charge in [-0.1, -0.05) is 12.1 Å². The van der Waals surface area contributed by atoms with Gasteiger partial charge in [0.15, 0.2) is 5.69 Å². The first-order valence-electron chi connectivity index (χ1n) is 8.52. The SMILES string of the molecule is CCOC(=O)c1[nH]c(-c2ccc(N=O)cc2)nc1-c1ccc(N(C)C)cc1. The number of carbonyl (C=O) groups is 1. The highest BCUT2D eigenvalue weighted by molar-refractivity contribution is 5.95. The molecule has 1 N–H and O–H groups in total. The Bertz CT molecular complexity index is 944. The lowest BCUT2D eigenvalue weighted by Gasteiger charge is -2.12. The summed E-state index contributed by atoms with van der Waals surface area (Å²) in [6.07, 6.45) is 0. The van der Waals surface area contributed by atoms with E-state index in [1.54, 1.807) is 31.2 Å². The standard InChI is InChI=1S/C20H20N4O3/c1-4-27-20(25)18-17(13-7-11-16(12-8-13)24(2)3)21-19(22-18)14-5-9-15(23-26)10-6-14/h5-12H,4H2,1-3H3,(H,21,22). The molecule has 138 valence electrons. The second-order valence-electron chi connectivity index (χ2n) is 6.11. The number of nitrogens with zero attached hydrogens (tertiary/aromatic N) is 3. The molecule has 27 heavy (non-hydrogen) atoms. The fourth-order valence-corrected chi connectivity index (χ4v) is 2.67. The van der Waals surface area contributed by atoms with Crippen molar-refractivity contribution in [2.75, 3.05) is 25.6 Å². The number of anilines is 1. The van der Waals surface area contributed by atoms with Crippen LogP contribution in [0.15, 0.2) is 53.7 Å². The van der Waals surface area contributed by atoms with E-state index in [1.165, 1.54) is 0 Å². The second-order valence-corrected chi connectivity index (χ2v) is 6.11. The van der Waals surface area contributed by atoms with E-state index < -0.39 is 5.97 Å². The maximum atomic E-state index is 12.4. The molecule has 0 unspecified atom stereocenters. The van der Waals surface area contributed by atoms with Crippen LogP contribution in [0.25, 0.3) is 22.6 Å². The van der Waals surface area contributed by atoms with E-state index in [-0.39, 0.29) is 6.61 Å². The summed E-state index contributed by atoms with van der Waals surface area (Å²) in [5.41, 5.74) is 3.73. The molecule has 1 heterocycles. The lowest BCUT2D eigenvalue weighted by Crippen LogP contribution is -2.08. The van der Waals surface area contributed by atoms with Crippen LogP contribution in [0.2, 0.25) is 0 Å². The van der Waals surface area contributed by atoms with E-state index in [4.69, 9.17) is 4.74 Å². The molecule has 0 amide bonds. The summed E-state index contributed by atoms with van der Waals surface area (Å²) >= 11 is 0. The van der Waals surface area contributed by atoms with Gasteiger partial charge in [-0.25, -0.2) is 9.78 Å². The van der Waals surface area contributed by atoms with Gasteiger partial charge in [-0.3, -0.25) is 0 Å². The van der Waals surface area contributed by atoms with Gasteiger partial charge in [-0.2, -0.15) is 0 Å². The number of aromatic amines is 1. The van der Waals surface area contributed by atoms with Gasteiger partial charge in [0.25, 0.3) is 0 Å². The van der Waals surface area contributed by atoms with Crippen LogP contribution >= 0.6 is 0 Å². The molecule has 0 aliphatic heterocycles. The molecule has 7 heteroatoms. The quantitative estimate of drug-likeness (QED) is 0.518. The third-order valence-corrected chi connectivity index (χ3v) is 4.09. The minimum atomic E-state index is -0.464. The molecular weight excluding hydrogens is 344 g/mol. The van der Waals surface area contributed by atoms with Crippen LogP contribution < -0.4 is 4.90 Å². The summed E-state index contributed by atoms with van der Waals surface area (Å²) < 4.78 is 5.16. The van der Waals surface area contributed by atoms with Crippen molar-refractivity contribution < 1.29 is 9.53 Å². The predicted octanol–water partition coefficient (Wildman–Crippen LogP) is 4.38. The molecule has 0 spiro atoms. The second kappa shape index (κ2) is 7.82. The number of aromatic nitrogens is 2. The van der Waals surface area contributed by atoms with E-state index in [1.807, 2.05) is 43.3 Å². The van der Waals surface area contributed by atoms with Crippen molar-refractivity contribution in [2.45, 2.75) is 6.92 Å². The molecular formula is C20H20N4O3. The molecule has 2 aromatic carbocycles. The molecule has 0 saturated carbocycles. The van der Waals surface area contributed by atoms with Crippen molar-refractivity contribution >= 4 is 17.3 Å². The van der Waals surface area contributed by atoms with E-state index in [0.29, 0.717) is 22.9 Å². The Hall–Kier alpha value is -3.48. The number of benzene rings is 2. The zero-order chi connectivity index (χ0) is 19.4. The van der Waals surface area contributed by atoms with Crippen molar-refractivity contribution in [3.8, 4) is 22.6 Å². The van der Waals surface area contributed by atoms with Gasteiger partial charge in [0.05, 0.1) is 6.61 Å². The Labute approximate surface area is 157 Å². The fraction of sp³-hybridized carbons (Fsp3) is 0.200. The largest absolute Gasteiger partial charge is 0.461 e. The molecule has 0 atom stereocenters. The zero-order valence-corrected chi connectivity index (χ0v) is 15.4. The van der Waals surface area contributed by atoms with Gasteiger partial charge < -0.3 is 14.6 Å². The molecule has 0 aliphatic rings. The number of imidazole rings is 1. The van der Waals surface area contributed by atoms with Crippen LogP contribution in [0.5, 0.6) is 0 Å². The number of carbonyl (C=O) groups excluding carboxylic acids is 1. The van der Waals surface area contributed by atoms with Gasteiger partial charge in [0.1, 0.15) is 17.2 Å². The van der Waals surface area contributed by atoms with Crippen LogP contribution in [-0.4, -0.2) is 36.6 Å². The van der Waals surface area contributed by atoms with Crippen molar-refractivity contribution in [3.05, 3.63) is 59.1 Å². The van der Waals surface area contributed by atoms with Crippen LogP contribution in [0.1, 0.15) is 17.4 Å². The number of hydrogen-bond acceptors (Lipinski definition) is 6. The first-order chi connectivity index (χ1) is 13.0. The highest BCUT2D eigenvalue weighted by atomic mass is 16.5. The van der Waals surface area contributed by atoms with E-state index in [2.05, 4.69) is 15.1 Å². The van der Waals surface area contributed by atoms with E-state index in [9.17, 15) is 9.70 Å². The van der Waals surface area contributed by atoms with Crippen molar-refractivity contribution in [2.24, 2.45) is 5.18 Å². The average molecular weight is 364 g/mol. The smallest absolute Gasteiger partial charge is 0.357 e. The minimum Gasteiger partial charge on any atom is -0.461 e. The highest BCUT2D eigenvalue weighted by Crippen LogP contribution is 2.29. The Morgan fingerprint density at radius 3 is 2.26 bits per heavy atom. The number of rotatable bonds is 6. The molecule has 0 bridgehead atoms. The predicted molar refractivity (Wildman–Crippen MR) is 105 cm³/mol. The molecule has 3 rings (SSSR count). The molecule has 0 fully saturated rings. The maximum absolute atomic E-state index is 12.4. The monoisotopic (exact) mass is 364 g/mol. The Kier molecular flexibility index (Phi) is 5.30. The molecule has 7 nitrogen and oxygen atoms in total. The average Bonchev–Trinajstić information content (AvgIpc) is 3.14. The maximum Gasteiger partial charge on any atom is 0.357 e. The van der Waals surface area contributed by atoms with Gasteiger partial charge >= 0.3 is 5.97 Å². The van der Waals surface area contributed by atoms with Crippen molar-refractivity contribution in [3.63, 3.8) is 0 Å². The van der Waals surface area contributed by atoms with Gasteiger partial charge in [0, 0.05) is 30.9 Å². The first kappa shape index (κ1) is 18.3. The number of esters is 1. The number of ether oxygens (including phenoxy) is 1. The zero-order valence-electron chi connectivity index (χ0n) is 15.4. The van der Waals surface area contributed by atoms with Gasteiger partial charge in [0.2, 0.25) is 0 Å². The summed E-state index contributed by atoms with van der Waals surface area (Å²) in [4.78, 5) is 32.6. The highest BCUT2D eigenvalue weighted by Gasteiger charge is 2.20. The summed E-state index contributed by atoms with van der Waals surface area (Å²) in [5, 5.41) is 2.89. The third kappa shape index (κ3) is 3.87. The van der Waals surface area contributed by atoms with Crippen LogP contribution in [-0.2, 0) is 4.74 Å². The van der Waals surface area contributed by atoms with Gasteiger partial charge in [-0.05, 0) is 48.5 Å². The molecule has 0 aliphatic carbocycles. The lowest BCUT2D eigenvalue weighted by molar-refractivity contribution is 0.0521. The molecule has 0 saturated heterocycles. The summed E-state index contributed by atoms with van der Waals surface area (Å²) in [5.74, 6) is 0.0521. The molecule has 1 aromatic heterocycles. The van der Waals surface area contributed by atoms with Crippen LogP contribution in [0.4, 0.5) is 11.4 Å².